The quantitative estimate of drug-likeness (QED) is 0.522. The van der Waals surface area contributed by atoms with Gasteiger partial charge in [0.2, 0.25) is 0 Å². The summed E-state index contributed by atoms with van der Waals surface area (Å²) in [5, 5.41) is 3.32. The van der Waals surface area contributed by atoms with Crippen molar-refractivity contribution >= 4 is 32.3 Å². The maximum atomic E-state index is 14.9. The molecule has 0 aliphatic heterocycles. The van der Waals surface area contributed by atoms with Crippen LogP contribution >= 0.6 is 11.3 Å². The van der Waals surface area contributed by atoms with Crippen molar-refractivity contribution in [2.75, 3.05) is 0 Å². The summed E-state index contributed by atoms with van der Waals surface area (Å²) in [7, 11) is 0. The van der Waals surface area contributed by atoms with Crippen LogP contribution in [-0.4, -0.2) is 9.77 Å². The van der Waals surface area contributed by atoms with Crippen LogP contribution in [0, 0.1) is 0 Å². The molecule has 3 nitrogen and oxygen atoms in total. The van der Waals surface area contributed by atoms with Crippen molar-refractivity contribution in [1.29, 1.82) is 0 Å². The zero-order valence-corrected chi connectivity index (χ0v) is 13.5. The second-order valence-electron chi connectivity index (χ2n) is 6.18. The van der Waals surface area contributed by atoms with Crippen LogP contribution in [0.5, 0.6) is 0 Å². The number of para-hydroxylation sites is 1. The van der Waals surface area contributed by atoms with Gasteiger partial charge in [0, 0.05) is 15.6 Å². The highest BCUT2D eigenvalue weighted by Gasteiger charge is 2.32. The molecule has 0 radical (unpaired) electrons. The summed E-state index contributed by atoms with van der Waals surface area (Å²) in [6, 6.07) is 13.2. The fourth-order valence-electron chi connectivity index (χ4n) is 3.29. The van der Waals surface area contributed by atoms with Gasteiger partial charge in [0.1, 0.15) is 5.69 Å². The summed E-state index contributed by atoms with van der Waals surface area (Å²) in [6.07, 6.45) is 2.07. The highest BCUT2D eigenvalue weighted by atomic mass is 32.1. The predicted molar refractivity (Wildman–Crippen MR) is 95.3 cm³/mol. The minimum atomic E-state index is -0.597. The Labute approximate surface area is 140 Å². The lowest BCUT2D eigenvalue weighted by Crippen LogP contribution is -2.17. The third-order valence-electron chi connectivity index (χ3n) is 4.60. The molecule has 118 valence electrons. The van der Waals surface area contributed by atoms with Gasteiger partial charge in [-0.1, -0.05) is 28.7 Å². The first-order valence-electron chi connectivity index (χ1n) is 7.92. The number of nitrogens with zero attached hydrogens (tertiary/aromatic N) is 2. The van der Waals surface area contributed by atoms with E-state index < -0.39 is 5.56 Å². The molecule has 3 aromatic heterocycles. The Hall–Kier alpha value is -2.53. The molecule has 1 saturated carbocycles. The van der Waals surface area contributed by atoms with E-state index in [1.54, 1.807) is 12.1 Å². The van der Waals surface area contributed by atoms with Gasteiger partial charge >= 0.3 is 0 Å². The molecule has 1 fully saturated rings. The normalized spacial score (nSPS) is 14.5. The lowest BCUT2D eigenvalue weighted by molar-refractivity contribution is 0.360. The first-order valence-corrected chi connectivity index (χ1v) is 8.80. The first-order chi connectivity index (χ1) is 11.7. The monoisotopic (exact) mass is 336 g/mol. The Kier molecular flexibility index (Phi) is 2.88. The topological polar surface area (TPSA) is 34.9 Å². The zero-order valence-electron chi connectivity index (χ0n) is 12.7. The maximum absolute atomic E-state index is 14.9. The SMILES string of the molecule is O=c1c2ccsc2c(C2CC2)c(-c2ccc3ccccc3n2)n1F. The summed E-state index contributed by atoms with van der Waals surface area (Å²) in [4.78, 5) is 17.3. The zero-order chi connectivity index (χ0) is 16.3. The molecule has 1 aliphatic carbocycles. The van der Waals surface area contributed by atoms with Crippen molar-refractivity contribution in [2.45, 2.75) is 18.8 Å². The van der Waals surface area contributed by atoms with Crippen molar-refractivity contribution in [3.8, 4) is 11.4 Å². The van der Waals surface area contributed by atoms with E-state index in [1.165, 1.54) is 11.3 Å². The molecule has 0 amide bonds. The Bertz CT molecular complexity index is 1160. The lowest BCUT2D eigenvalue weighted by atomic mass is 10.0. The van der Waals surface area contributed by atoms with E-state index in [0.717, 1.165) is 34.0 Å². The second-order valence-corrected chi connectivity index (χ2v) is 7.09. The number of thiophene rings is 1. The van der Waals surface area contributed by atoms with Gasteiger partial charge in [-0.25, -0.2) is 4.98 Å². The van der Waals surface area contributed by atoms with Crippen molar-refractivity contribution < 1.29 is 4.48 Å². The van der Waals surface area contributed by atoms with E-state index in [1.807, 2.05) is 35.7 Å². The summed E-state index contributed by atoms with van der Waals surface area (Å²) in [5.74, 6) is 0.317. The minimum absolute atomic E-state index is 0.291. The van der Waals surface area contributed by atoms with Gasteiger partial charge in [-0.05, 0) is 42.3 Å². The molecule has 0 atom stereocenters. The van der Waals surface area contributed by atoms with Crippen molar-refractivity contribution in [1.82, 2.24) is 9.77 Å². The van der Waals surface area contributed by atoms with Crippen molar-refractivity contribution in [3.05, 3.63) is 63.8 Å². The maximum Gasteiger partial charge on any atom is 0.287 e. The van der Waals surface area contributed by atoms with Gasteiger partial charge in [0.15, 0.2) is 0 Å². The number of hydrogen-bond acceptors (Lipinski definition) is 3. The summed E-state index contributed by atoms with van der Waals surface area (Å²) >= 11 is 1.51. The van der Waals surface area contributed by atoms with E-state index in [0.29, 0.717) is 27.5 Å². The minimum Gasteiger partial charge on any atom is -0.266 e. The standard InChI is InChI=1S/C19H13FN2OS/c20-22-17(15-8-7-11-3-1-2-4-14(11)21-15)16(12-5-6-12)18-13(19(22)23)9-10-24-18/h1-4,7-10,12H,5-6H2. The van der Waals surface area contributed by atoms with Gasteiger partial charge in [-0.3, -0.25) is 4.79 Å². The Morgan fingerprint density at radius 2 is 1.96 bits per heavy atom. The first kappa shape index (κ1) is 13.9. The highest BCUT2D eigenvalue weighted by molar-refractivity contribution is 7.17. The Morgan fingerprint density at radius 1 is 1.12 bits per heavy atom. The number of benzene rings is 1. The van der Waals surface area contributed by atoms with Crippen LogP contribution in [0.4, 0.5) is 4.48 Å². The van der Waals surface area contributed by atoms with Gasteiger partial charge in [-0.15, -0.1) is 16.1 Å². The molecular formula is C19H13FN2OS. The van der Waals surface area contributed by atoms with E-state index in [-0.39, 0.29) is 0 Å². The smallest absolute Gasteiger partial charge is 0.266 e. The third-order valence-corrected chi connectivity index (χ3v) is 5.54. The largest absolute Gasteiger partial charge is 0.287 e. The van der Waals surface area contributed by atoms with E-state index in [4.69, 9.17) is 0 Å². The Morgan fingerprint density at radius 3 is 2.79 bits per heavy atom. The number of fused-ring (bicyclic) bond motifs is 2. The molecule has 0 spiro atoms. The van der Waals surface area contributed by atoms with E-state index >= 15 is 0 Å². The molecule has 1 aliphatic rings. The third kappa shape index (κ3) is 1.94. The average molecular weight is 336 g/mol. The molecule has 24 heavy (non-hydrogen) atoms. The molecule has 5 heteroatoms. The van der Waals surface area contributed by atoms with E-state index in [2.05, 4.69) is 4.98 Å². The Balaban J connectivity index is 1.89. The van der Waals surface area contributed by atoms with Gasteiger partial charge in [0.05, 0.1) is 16.6 Å². The van der Waals surface area contributed by atoms with E-state index in [9.17, 15) is 9.28 Å². The van der Waals surface area contributed by atoms with Crippen LogP contribution < -0.4 is 5.56 Å². The number of aromatic nitrogens is 2. The van der Waals surface area contributed by atoms with Crippen LogP contribution in [-0.2, 0) is 0 Å². The molecular weight excluding hydrogens is 323 g/mol. The molecule has 0 bridgehead atoms. The van der Waals surface area contributed by atoms with Crippen LogP contribution in [0.15, 0.2) is 52.6 Å². The molecule has 4 aromatic rings. The average Bonchev–Trinajstić information content (AvgIpc) is 3.33. The molecule has 0 saturated heterocycles. The molecule has 5 rings (SSSR count). The number of halogens is 1. The second kappa shape index (κ2) is 4.98. The van der Waals surface area contributed by atoms with Gasteiger partial charge < -0.3 is 0 Å². The predicted octanol–water partition coefficient (Wildman–Crippen LogP) is 4.89. The molecule has 0 unspecified atom stereocenters. The van der Waals surface area contributed by atoms with Crippen molar-refractivity contribution in [2.24, 2.45) is 0 Å². The molecule has 3 heterocycles. The summed E-state index contributed by atoms with van der Waals surface area (Å²) in [6.45, 7) is 0. The molecule has 0 N–H and O–H groups in total. The van der Waals surface area contributed by atoms with Gasteiger partial charge in [0.25, 0.3) is 5.56 Å². The van der Waals surface area contributed by atoms with Crippen LogP contribution in [0.3, 0.4) is 0 Å². The lowest BCUT2D eigenvalue weighted by Gasteiger charge is -2.12. The number of pyridine rings is 2. The fraction of sp³-hybridized carbons (Fsp3) is 0.158. The highest BCUT2D eigenvalue weighted by Crippen LogP contribution is 2.47. The summed E-state index contributed by atoms with van der Waals surface area (Å²) in [5.41, 5.74) is 1.98. The van der Waals surface area contributed by atoms with Crippen LogP contribution in [0.2, 0.25) is 0 Å². The molecule has 1 aromatic carbocycles. The van der Waals surface area contributed by atoms with Gasteiger partial charge in [-0.2, -0.15) is 0 Å². The summed E-state index contributed by atoms with van der Waals surface area (Å²) < 4.78 is 15.8. The van der Waals surface area contributed by atoms with Crippen molar-refractivity contribution in [3.63, 3.8) is 0 Å². The number of hydrogen-bond donors (Lipinski definition) is 0. The van der Waals surface area contributed by atoms with Crippen LogP contribution in [0.1, 0.15) is 24.3 Å². The number of rotatable bonds is 2. The fourth-order valence-corrected chi connectivity index (χ4v) is 4.31. The van der Waals surface area contributed by atoms with Crippen LogP contribution in [0.25, 0.3) is 32.4 Å².